The first-order valence-electron chi connectivity index (χ1n) is 7.36. The van der Waals surface area contributed by atoms with Crippen LogP contribution in [0.1, 0.15) is 31.3 Å². The zero-order valence-electron chi connectivity index (χ0n) is 12.8. The Kier molecular flexibility index (Phi) is 3.65. The van der Waals surface area contributed by atoms with Crippen LogP contribution in [0, 0.1) is 6.92 Å². The van der Waals surface area contributed by atoms with Crippen molar-refractivity contribution in [2.45, 2.75) is 33.4 Å². The van der Waals surface area contributed by atoms with Crippen LogP contribution in [-0.2, 0) is 6.61 Å². The van der Waals surface area contributed by atoms with Gasteiger partial charge in [-0.3, -0.25) is 0 Å². The van der Waals surface area contributed by atoms with E-state index in [4.69, 9.17) is 4.74 Å². The fourth-order valence-corrected chi connectivity index (χ4v) is 2.63. The summed E-state index contributed by atoms with van der Waals surface area (Å²) in [5.41, 5.74) is 3.61. The lowest BCUT2D eigenvalue weighted by Crippen LogP contribution is -2.39. The first kappa shape index (κ1) is 13.7. The summed E-state index contributed by atoms with van der Waals surface area (Å²) >= 11 is 0. The first-order chi connectivity index (χ1) is 10.1. The van der Waals surface area contributed by atoms with Crippen LogP contribution < -0.4 is 9.30 Å². The average molecular weight is 281 g/mol. The first-order valence-corrected chi connectivity index (χ1v) is 7.36. The van der Waals surface area contributed by atoms with Crippen molar-refractivity contribution in [2.24, 2.45) is 0 Å². The highest BCUT2D eigenvalue weighted by Crippen LogP contribution is 2.16. The van der Waals surface area contributed by atoms with Crippen LogP contribution in [0.5, 0.6) is 5.75 Å². The largest absolute Gasteiger partial charge is 0.481 e. The number of H-pyrrole nitrogens is 1. The molecule has 1 heterocycles. The van der Waals surface area contributed by atoms with E-state index in [0.29, 0.717) is 12.6 Å². The second kappa shape index (κ2) is 5.60. The third-order valence-electron chi connectivity index (χ3n) is 3.65. The Morgan fingerprint density at radius 1 is 1.05 bits per heavy atom. The molecule has 3 heteroatoms. The molecule has 0 amide bonds. The molecule has 0 bridgehead atoms. The number of benzene rings is 2. The molecule has 0 saturated carbocycles. The molecule has 0 fully saturated rings. The minimum absolute atomic E-state index is 0.387. The standard InChI is InChI=1S/C18H20N2O/c1-13(2)20-17-7-5-4-6-16(17)19-18(20)12-21-15-10-8-14(3)9-11-15/h4-11,13H,12H2,1-3H3/p+1. The van der Waals surface area contributed by atoms with Gasteiger partial charge in [-0.15, -0.1) is 0 Å². The fraction of sp³-hybridized carbons (Fsp3) is 0.278. The normalized spacial score (nSPS) is 11.2. The van der Waals surface area contributed by atoms with Gasteiger partial charge in [-0.1, -0.05) is 29.8 Å². The van der Waals surface area contributed by atoms with Crippen molar-refractivity contribution in [3.8, 4) is 5.75 Å². The van der Waals surface area contributed by atoms with E-state index < -0.39 is 0 Å². The molecule has 1 N–H and O–H groups in total. The maximum Gasteiger partial charge on any atom is 0.293 e. The van der Waals surface area contributed by atoms with Gasteiger partial charge in [0.2, 0.25) is 0 Å². The van der Waals surface area contributed by atoms with E-state index in [-0.39, 0.29) is 0 Å². The van der Waals surface area contributed by atoms with Crippen molar-refractivity contribution < 1.29 is 9.30 Å². The molecular formula is C18H21N2O+. The van der Waals surface area contributed by atoms with E-state index in [1.54, 1.807) is 0 Å². The van der Waals surface area contributed by atoms with E-state index in [1.807, 2.05) is 18.2 Å². The number of para-hydroxylation sites is 2. The van der Waals surface area contributed by atoms with E-state index in [1.165, 1.54) is 11.1 Å². The number of aryl methyl sites for hydroxylation is 1. The van der Waals surface area contributed by atoms with Gasteiger partial charge in [0.1, 0.15) is 5.75 Å². The fourth-order valence-electron chi connectivity index (χ4n) is 2.63. The lowest BCUT2D eigenvalue weighted by Gasteiger charge is -2.07. The Morgan fingerprint density at radius 3 is 2.48 bits per heavy atom. The number of aromatic amines is 1. The molecule has 0 aliphatic carbocycles. The van der Waals surface area contributed by atoms with Crippen molar-refractivity contribution in [2.75, 3.05) is 0 Å². The quantitative estimate of drug-likeness (QED) is 0.721. The molecule has 0 radical (unpaired) electrons. The van der Waals surface area contributed by atoms with Gasteiger partial charge in [0.15, 0.2) is 17.6 Å². The molecule has 0 spiro atoms. The Labute approximate surface area is 125 Å². The SMILES string of the molecule is Cc1ccc(OCc2[nH]c3ccccc3[n+]2C(C)C)cc1. The summed E-state index contributed by atoms with van der Waals surface area (Å²) in [4.78, 5) is 3.47. The number of rotatable bonds is 4. The monoisotopic (exact) mass is 281 g/mol. The molecule has 3 aromatic rings. The van der Waals surface area contributed by atoms with Crippen LogP contribution in [0.2, 0.25) is 0 Å². The third-order valence-corrected chi connectivity index (χ3v) is 3.65. The number of hydrogen-bond donors (Lipinski definition) is 1. The summed E-state index contributed by atoms with van der Waals surface area (Å²) in [7, 11) is 0. The van der Waals surface area contributed by atoms with Gasteiger partial charge in [-0.05, 0) is 45.0 Å². The van der Waals surface area contributed by atoms with Crippen LogP contribution in [0.15, 0.2) is 48.5 Å². The molecular weight excluding hydrogens is 260 g/mol. The molecule has 21 heavy (non-hydrogen) atoms. The minimum Gasteiger partial charge on any atom is -0.481 e. The molecule has 0 aliphatic rings. The maximum atomic E-state index is 5.92. The van der Waals surface area contributed by atoms with Crippen LogP contribution in [0.3, 0.4) is 0 Å². The maximum absolute atomic E-state index is 5.92. The second-order valence-corrected chi connectivity index (χ2v) is 5.65. The predicted molar refractivity (Wildman–Crippen MR) is 84.4 cm³/mol. The summed E-state index contributed by atoms with van der Waals surface area (Å²) in [6, 6.07) is 16.9. The van der Waals surface area contributed by atoms with Gasteiger partial charge in [-0.25, -0.2) is 9.55 Å². The molecule has 3 rings (SSSR count). The van der Waals surface area contributed by atoms with Gasteiger partial charge in [0.05, 0.1) is 6.04 Å². The Balaban J connectivity index is 1.89. The van der Waals surface area contributed by atoms with Gasteiger partial charge in [-0.2, -0.15) is 0 Å². The molecule has 0 saturated heterocycles. The Hall–Kier alpha value is -2.29. The Bertz CT molecular complexity index is 742. The Morgan fingerprint density at radius 2 is 1.76 bits per heavy atom. The van der Waals surface area contributed by atoms with E-state index in [0.717, 1.165) is 17.1 Å². The van der Waals surface area contributed by atoms with Crippen LogP contribution in [0.25, 0.3) is 11.0 Å². The number of aromatic nitrogens is 2. The van der Waals surface area contributed by atoms with Crippen molar-refractivity contribution in [3.05, 3.63) is 59.9 Å². The van der Waals surface area contributed by atoms with Gasteiger partial charge >= 0.3 is 0 Å². The van der Waals surface area contributed by atoms with Crippen LogP contribution >= 0.6 is 0 Å². The number of nitrogens with one attached hydrogen (secondary N) is 1. The zero-order chi connectivity index (χ0) is 14.8. The smallest absolute Gasteiger partial charge is 0.293 e. The number of fused-ring (bicyclic) bond motifs is 1. The number of ether oxygens (including phenoxy) is 1. The summed E-state index contributed by atoms with van der Waals surface area (Å²) < 4.78 is 8.21. The number of nitrogens with zero attached hydrogens (tertiary/aromatic N) is 1. The van der Waals surface area contributed by atoms with Crippen molar-refractivity contribution in [3.63, 3.8) is 0 Å². The van der Waals surface area contributed by atoms with Crippen molar-refractivity contribution in [1.82, 2.24) is 4.98 Å². The molecule has 0 atom stereocenters. The lowest BCUT2D eigenvalue weighted by molar-refractivity contribution is -0.699. The van der Waals surface area contributed by atoms with E-state index in [2.05, 4.69) is 60.7 Å². The van der Waals surface area contributed by atoms with Crippen LogP contribution in [0.4, 0.5) is 0 Å². The van der Waals surface area contributed by atoms with Gasteiger partial charge in [0, 0.05) is 0 Å². The van der Waals surface area contributed by atoms with Crippen LogP contribution in [-0.4, -0.2) is 4.98 Å². The summed E-state index contributed by atoms with van der Waals surface area (Å²) in [5, 5.41) is 0. The number of hydrogen-bond acceptors (Lipinski definition) is 1. The molecule has 1 aromatic heterocycles. The highest BCUT2D eigenvalue weighted by molar-refractivity contribution is 5.71. The highest BCUT2D eigenvalue weighted by Gasteiger charge is 2.20. The topological polar surface area (TPSA) is 28.9 Å². The second-order valence-electron chi connectivity index (χ2n) is 5.65. The highest BCUT2D eigenvalue weighted by atomic mass is 16.5. The molecule has 2 aromatic carbocycles. The number of imidazole rings is 1. The van der Waals surface area contributed by atoms with Gasteiger partial charge < -0.3 is 4.74 Å². The van der Waals surface area contributed by atoms with E-state index >= 15 is 0 Å². The van der Waals surface area contributed by atoms with E-state index in [9.17, 15) is 0 Å². The molecule has 0 aliphatic heterocycles. The average Bonchev–Trinajstić information content (AvgIpc) is 2.85. The molecule has 0 unspecified atom stereocenters. The van der Waals surface area contributed by atoms with Crippen molar-refractivity contribution in [1.29, 1.82) is 0 Å². The molecule has 108 valence electrons. The summed E-state index contributed by atoms with van der Waals surface area (Å²) in [6.07, 6.45) is 0. The third kappa shape index (κ3) is 2.77. The predicted octanol–water partition coefficient (Wildman–Crippen LogP) is 3.92. The zero-order valence-corrected chi connectivity index (χ0v) is 12.8. The summed E-state index contributed by atoms with van der Waals surface area (Å²) in [6.45, 7) is 7.00. The lowest BCUT2D eigenvalue weighted by atomic mass is 10.2. The minimum atomic E-state index is 0.387. The molecule has 3 nitrogen and oxygen atoms in total. The van der Waals surface area contributed by atoms with Crippen molar-refractivity contribution >= 4 is 11.0 Å². The van der Waals surface area contributed by atoms with Gasteiger partial charge in [0.25, 0.3) is 5.82 Å². The summed E-state index contributed by atoms with van der Waals surface area (Å²) in [5.74, 6) is 1.99.